The third-order valence-electron chi connectivity index (χ3n) is 3.65. The minimum atomic E-state index is 0.840. The number of aromatic nitrogens is 2. The largest absolute Gasteiger partial charge is 0.356 e. The number of anilines is 1. The van der Waals surface area contributed by atoms with E-state index in [0.29, 0.717) is 0 Å². The standard InChI is InChI=1S/C18H21N3/c1-3-12-19-18-20-16-6-4-5-7-17(16)21(18)13-15-10-8-14(2)9-11-15/h4-11H,3,12-13H2,1-2H3,(H,19,20). The van der Waals surface area contributed by atoms with Gasteiger partial charge in [-0.05, 0) is 31.0 Å². The molecular weight excluding hydrogens is 258 g/mol. The number of imidazole rings is 1. The second-order valence-electron chi connectivity index (χ2n) is 5.42. The summed E-state index contributed by atoms with van der Waals surface area (Å²) in [5, 5.41) is 3.44. The first-order valence-electron chi connectivity index (χ1n) is 7.52. The van der Waals surface area contributed by atoms with Gasteiger partial charge in [0.15, 0.2) is 0 Å². The lowest BCUT2D eigenvalue weighted by atomic mass is 10.1. The van der Waals surface area contributed by atoms with E-state index < -0.39 is 0 Å². The number of fused-ring (bicyclic) bond motifs is 1. The van der Waals surface area contributed by atoms with Crippen LogP contribution in [0.4, 0.5) is 5.95 Å². The van der Waals surface area contributed by atoms with Gasteiger partial charge in [-0.3, -0.25) is 0 Å². The van der Waals surface area contributed by atoms with E-state index in [1.54, 1.807) is 0 Å². The number of hydrogen-bond donors (Lipinski definition) is 1. The van der Waals surface area contributed by atoms with Gasteiger partial charge in [0.2, 0.25) is 5.95 Å². The Labute approximate surface area is 125 Å². The summed E-state index contributed by atoms with van der Waals surface area (Å²) in [6.07, 6.45) is 1.09. The van der Waals surface area contributed by atoms with Crippen molar-refractivity contribution in [3.63, 3.8) is 0 Å². The summed E-state index contributed by atoms with van der Waals surface area (Å²) in [5.41, 5.74) is 4.81. The van der Waals surface area contributed by atoms with E-state index in [-0.39, 0.29) is 0 Å². The molecule has 1 N–H and O–H groups in total. The van der Waals surface area contributed by atoms with Gasteiger partial charge in [-0.1, -0.05) is 48.9 Å². The molecule has 0 amide bonds. The highest BCUT2D eigenvalue weighted by Gasteiger charge is 2.10. The zero-order valence-corrected chi connectivity index (χ0v) is 12.6. The normalized spacial score (nSPS) is 11.0. The SMILES string of the molecule is CCCNc1nc2ccccc2n1Cc1ccc(C)cc1. The lowest BCUT2D eigenvalue weighted by Crippen LogP contribution is -2.09. The summed E-state index contributed by atoms with van der Waals surface area (Å²) in [4.78, 5) is 4.72. The van der Waals surface area contributed by atoms with Gasteiger partial charge in [0.25, 0.3) is 0 Å². The monoisotopic (exact) mass is 279 g/mol. The number of nitrogens with zero attached hydrogens (tertiary/aromatic N) is 2. The number of rotatable bonds is 5. The molecule has 21 heavy (non-hydrogen) atoms. The van der Waals surface area contributed by atoms with Crippen molar-refractivity contribution in [3.05, 3.63) is 59.7 Å². The predicted molar refractivity (Wildman–Crippen MR) is 88.8 cm³/mol. The minimum absolute atomic E-state index is 0.840. The number of hydrogen-bond acceptors (Lipinski definition) is 2. The molecule has 0 aliphatic carbocycles. The molecule has 0 aliphatic rings. The van der Waals surface area contributed by atoms with Crippen LogP contribution in [0.15, 0.2) is 48.5 Å². The zero-order valence-electron chi connectivity index (χ0n) is 12.6. The molecule has 1 heterocycles. The predicted octanol–water partition coefficient (Wildman–Crippen LogP) is 4.21. The maximum Gasteiger partial charge on any atom is 0.204 e. The maximum atomic E-state index is 4.72. The molecule has 0 aliphatic heterocycles. The van der Waals surface area contributed by atoms with Crippen LogP contribution in [0.25, 0.3) is 11.0 Å². The first-order valence-corrected chi connectivity index (χ1v) is 7.52. The number of nitrogens with one attached hydrogen (secondary N) is 1. The van der Waals surface area contributed by atoms with E-state index in [2.05, 4.69) is 66.2 Å². The quantitative estimate of drug-likeness (QED) is 0.758. The molecule has 0 spiro atoms. The fourth-order valence-electron chi connectivity index (χ4n) is 2.48. The van der Waals surface area contributed by atoms with Crippen molar-refractivity contribution in [2.75, 3.05) is 11.9 Å². The summed E-state index contributed by atoms with van der Waals surface area (Å²) in [6.45, 7) is 6.06. The van der Waals surface area contributed by atoms with Crippen molar-refractivity contribution in [2.24, 2.45) is 0 Å². The van der Waals surface area contributed by atoms with Gasteiger partial charge in [-0.2, -0.15) is 0 Å². The van der Waals surface area contributed by atoms with Gasteiger partial charge >= 0.3 is 0 Å². The fourth-order valence-corrected chi connectivity index (χ4v) is 2.48. The van der Waals surface area contributed by atoms with Crippen molar-refractivity contribution in [3.8, 4) is 0 Å². The molecule has 3 heteroatoms. The van der Waals surface area contributed by atoms with Crippen LogP contribution in [0.3, 0.4) is 0 Å². The van der Waals surface area contributed by atoms with Gasteiger partial charge in [-0.25, -0.2) is 4.98 Å². The highest BCUT2D eigenvalue weighted by atomic mass is 15.2. The Morgan fingerprint density at radius 2 is 1.81 bits per heavy atom. The minimum Gasteiger partial charge on any atom is -0.356 e. The summed E-state index contributed by atoms with van der Waals surface area (Å²) in [7, 11) is 0. The Balaban J connectivity index is 1.99. The van der Waals surface area contributed by atoms with Crippen molar-refractivity contribution in [1.82, 2.24) is 9.55 Å². The van der Waals surface area contributed by atoms with Crippen molar-refractivity contribution < 1.29 is 0 Å². The Morgan fingerprint density at radius 3 is 2.57 bits per heavy atom. The molecule has 0 atom stereocenters. The van der Waals surface area contributed by atoms with Crippen LogP contribution in [0.2, 0.25) is 0 Å². The second kappa shape index (κ2) is 6.00. The Bertz CT molecular complexity index is 726. The van der Waals surface area contributed by atoms with Crippen LogP contribution in [0, 0.1) is 6.92 Å². The summed E-state index contributed by atoms with van der Waals surface area (Å²) in [6, 6.07) is 17.0. The van der Waals surface area contributed by atoms with E-state index in [1.165, 1.54) is 16.6 Å². The average molecular weight is 279 g/mol. The first kappa shape index (κ1) is 13.7. The molecule has 1 aromatic heterocycles. The number of para-hydroxylation sites is 2. The molecule has 0 bridgehead atoms. The molecule has 0 unspecified atom stereocenters. The molecular formula is C18H21N3. The number of aryl methyl sites for hydroxylation is 1. The van der Waals surface area contributed by atoms with Crippen LogP contribution in [-0.2, 0) is 6.54 Å². The van der Waals surface area contributed by atoms with E-state index in [1.807, 2.05) is 6.07 Å². The molecule has 0 saturated heterocycles. The van der Waals surface area contributed by atoms with Crippen LogP contribution in [0.5, 0.6) is 0 Å². The van der Waals surface area contributed by atoms with Crippen molar-refractivity contribution >= 4 is 17.0 Å². The smallest absolute Gasteiger partial charge is 0.204 e. The second-order valence-corrected chi connectivity index (χ2v) is 5.42. The van der Waals surface area contributed by atoms with Crippen molar-refractivity contribution in [2.45, 2.75) is 26.8 Å². The molecule has 3 nitrogen and oxygen atoms in total. The van der Waals surface area contributed by atoms with Crippen LogP contribution in [-0.4, -0.2) is 16.1 Å². The molecule has 2 aromatic carbocycles. The van der Waals surface area contributed by atoms with Crippen LogP contribution in [0.1, 0.15) is 24.5 Å². The van der Waals surface area contributed by atoms with E-state index in [0.717, 1.165) is 31.0 Å². The lowest BCUT2D eigenvalue weighted by molar-refractivity contribution is 0.816. The molecule has 3 aromatic rings. The topological polar surface area (TPSA) is 29.9 Å². The third kappa shape index (κ3) is 2.92. The Kier molecular flexibility index (Phi) is 3.91. The zero-order chi connectivity index (χ0) is 14.7. The van der Waals surface area contributed by atoms with E-state index in [9.17, 15) is 0 Å². The van der Waals surface area contributed by atoms with Crippen LogP contribution >= 0.6 is 0 Å². The summed E-state index contributed by atoms with van der Waals surface area (Å²) < 4.78 is 2.26. The van der Waals surface area contributed by atoms with Gasteiger partial charge in [-0.15, -0.1) is 0 Å². The lowest BCUT2D eigenvalue weighted by Gasteiger charge is -2.10. The van der Waals surface area contributed by atoms with Gasteiger partial charge in [0.1, 0.15) is 0 Å². The van der Waals surface area contributed by atoms with E-state index >= 15 is 0 Å². The maximum absolute atomic E-state index is 4.72. The third-order valence-corrected chi connectivity index (χ3v) is 3.65. The molecule has 3 rings (SSSR count). The fraction of sp³-hybridized carbons (Fsp3) is 0.278. The summed E-state index contributed by atoms with van der Waals surface area (Å²) in [5.74, 6) is 0.957. The average Bonchev–Trinajstić information content (AvgIpc) is 2.85. The molecule has 108 valence electrons. The summed E-state index contributed by atoms with van der Waals surface area (Å²) >= 11 is 0. The Morgan fingerprint density at radius 1 is 1.05 bits per heavy atom. The number of benzene rings is 2. The molecule has 0 fully saturated rings. The molecule has 0 saturated carbocycles. The molecule has 0 radical (unpaired) electrons. The van der Waals surface area contributed by atoms with Crippen LogP contribution < -0.4 is 5.32 Å². The first-order chi connectivity index (χ1) is 10.3. The van der Waals surface area contributed by atoms with Gasteiger partial charge in [0.05, 0.1) is 17.6 Å². The highest BCUT2D eigenvalue weighted by Crippen LogP contribution is 2.21. The van der Waals surface area contributed by atoms with Gasteiger partial charge in [0, 0.05) is 6.54 Å². The van der Waals surface area contributed by atoms with E-state index in [4.69, 9.17) is 4.98 Å². The highest BCUT2D eigenvalue weighted by molar-refractivity contribution is 5.78. The van der Waals surface area contributed by atoms with Gasteiger partial charge < -0.3 is 9.88 Å². The Hall–Kier alpha value is -2.29. The van der Waals surface area contributed by atoms with Crippen molar-refractivity contribution in [1.29, 1.82) is 0 Å².